The maximum Gasteiger partial charge on any atom is 0.226 e. The van der Waals surface area contributed by atoms with Crippen molar-refractivity contribution in [2.75, 3.05) is 13.1 Å². The van der Waals surface area contributed by atoms with Crippen molar-refractivity contribution in [1.82, 2.24) is 25.8 Å². The number of aromatic nitrogens is 3. The van der Waals surface area contributed by atoms with Crippen molar-refractivity contribution in [2.45, 2.75) is 53.0 Å². The van der Waals surface area contributed by atoms with Crippen LogP contribution in [0.1, 0.15) is 54.7 Å². The van der Waals surface area contributed by atoms with Crippen LogP contribution in [0, 0.1) is 6.92 Å². The molecule has 0 saturated heterocycles. The molecule has 2 heterocycles. The molecule has 24 heavy (non-hydrogen) atoms. The molecule has 0 unspecified atom stereocenters. The first-order chi connectivity index (χ1) is 11.6. The number of aliphatic imine (C=N–C) groups is 1. The van der Waals surface area contributed by atoms with Crippen LogP contribution in [0.3, 0.4) is 0 Å². The lowest BCUT2D eigenvalue weighted by Crippen LogP contribution is -2.37. The van der Waals surface area contributed by atoms with Gasteiger partial charge in [0, 0.05) is 36.5 Å². The van der Waals surface area contributed by atoms with E-state index in [0.29, 0.717) is 18.4 Å². The number of aryl methyl sites for hydroxylation is 2. The van der Waals surface area contributed by atoms with E-state index >= 15 is 0 Å². The second kappa shape index (κ2) is 9.36. The fourth-order valence-electron chi connectivity index (χ4n) is 2.01. The molecule has 8 heteroatoms. The Labute approximate surface area is 147 Å². The van der Waals surface area contributed by atoms with E-state index < -0.39 is 0 Å². The smallest absolute Gasteiger partial charge is 0.226 e. The molecule has 2 N–H and O–H groups in total. The summed E-state index contributed by atoms with van der Waals surface area (Å²) in [5, 5.41) is 11.6. The lowest BCUT2D eigenvalue weighted by Gasteiger charge is -2.10. The van der Waals surface area contributed by atoms with Crippen molar-refractivity contribution in [3.63, 3.8) is 0 Å². The number of hydrogen-bond acceptors (Lipinski definition) is 6. The van der Waals surface area contributed by atoms with Crippen LogP contribution in [0.4, 0.5) is 0 Å². The molecular weight excluding hydrogens is 324 g/mol. The summed E-state index contributed by atoms with van der Waals surface area (Å²) in [5.41, 5.74) is 0. The Bertz CT molecular complexity index is 649. The van der Waals surface area contributed by atoms with Crippen LogP contribution in [0.5, 0.6) is 0 Å². The number of thiazole rings is 1. The average Bonchev–Trinajstić information content (AvgIpc) is 3.18. The van der Waals surface area contributed by atoms with Gasteiger partial charge in [-0.25, -0.2) is 9.98 Å². The van der Waals surface area contributed by atoms with Gasteiger partial charge in [0.15, 0.2) is 11.8 Å². The summed E-state index contributed by atoms with van der Waals surface area (Å²) < 4.78 is 5.25. The third kappa shape index (κ3) is 5.92. The summed E-state index contributed by atoms with van der Waals surface area (Å²) in [6.45, 7) is 10.4. The molecule has 0 spiro atoms. The van der Waals surface area contributed by atoms with Crippen LogP contribution in [-0.4, -0.2) is 34.2 Å². The predicted octanol–water partition coefficient (Wildman–Crippen LogP) is 2.65. The van der Waals surface area contributed by atoms with E-state index in [-0.39, 0.29) is 0 Å². The van der Waals surface area contributed by atoms with Crippen molar-refractivity contribution in [3.05, 3.63) is 27.8 Å². The molecule has 0 atom stereocenters. The van der Waals surface area contributed by atoms with Crippen molar-refractivity contribution in [1.29, 1.82) is 0 Å². The van der Waals surface area contributed by atoms with E-state index in [2.05, 4.69) is 58.4 Å². The first kappa shape index (κ1) is 18.4. The molecule has 7 nitrogen and oxygen atoms in total. The van der Waals surface area contributed by atoms with Crippen LogP contribution in [-0.2, 0) is 13.0 Å². The van der Waals surface area contributed by atoms with Gasteiger partial charge in [-0.1, -0.05) is 19.0 Å². The van der Waals surface area contributed by atoms with E-state index in [0.717, 1.165) is 42.7 Å². The summed E-state index contributed by atoms with van der Waals surface area (Å²) in [6, 6.07) is 0. The van der Waals surface area contributed by atoms with E-state index in [1.165, 1.54) is 4.88 Å². The number of nitrogens with zero attached hydrogens (tertiary/aromatic N) is 4. The highest BCUT2D eigenvalue weighted by atomic mass is 32.1. The Morgan fingerprint density at radius 3 is 2.83 bits per heavy atom. The molecule has 132 valence electrons. The first-order valence-electron chi connectivity index (χ1n) is 8.34. The van der Waals surface area contributed by atoms with Gasteiger partial charge < -0.3 is 15.2 Å². The Morgan fingerprint density at radius 2 is 2.21 bits per heavy atom. The highest BCUT2D eigenvalue weighted by Crippen LogP contribution is 2.12. The van der Waals surface area contributed by atoms with Crippen LogP contribution in [0.15, 0.2) is 15.7 Å². The van der Waals surface area contributed by atoms with Crippen LogP contribution in [0.2, 0.25) is 0 Å². The van der Waals surface area contributed by atoms with Gasteiger partial charge in [0.25, 0.3) is 0 Å². The molecule has 2 aromatic heterocycles. The Hall–Kier alpha value is -1.96. The zero-order chi connectivity index (χ0) is 17.4. The first-order valence-corrected chi connectivity index (χ1v) is 9.16. The maximum atomic E-state index is 5.25. The van der Waals surface area contributed by atoms with Gasteiger partial charge in [-0.3, -0.25) is 0 Å². The largest absolute Gasteiger partial charge is 0.357 e. The quantitative estimate of drug-likeness (QED) is 0.432. The predicted molar refractivity (Wildman–Crippen MR) is 96.4 cm³/mol. The third-order valence-corrected chi connectivity index (χ3v) is 4.14. The molecule has 2 rings (SSSR count). The van der Waals surface area contributed by atoms with Gasteiger partial charge in [0.05, 0.1) is 6.54 Å². The second-order valence-corrected chi connectivity index (χ2v) is 7.11. The number of hydrogen-bond donors (Lipinski definition) is 2. The van der Waals surface area contributed by atoms with E-state index in [1.807, 2.05) is 6.20 Å². The Kier molecular flexibility index (Phi) is 7.17. The minimum Gasteiger partial charge on any atom is -0.357 e. The molecule has 0 radical (unpaired) electrons. The molecule has 2 aromatic rings. The summed E-state index contributed by atoms with van der Waals surface area (Å²) in [5.74, 6) is 2.56. The van der Waals surface area contributed by atoms with Crippen molar-refractivity contribution < 1.29 is 4.52 Å². The molecule has 0 aliphatic rings. The molecule has 0 fully saturated rings. The summed E-state index contributed by atoms with van der Waals surface area (Å²) in [7, 11) is 0. The highest BCUT2D eigenvalue weighted by Gasteiger charge is 2.09. The van der Waals surface area contributed by atoms with E-state index in [9.17, 15) is 0 Å². The number of rotatable bonds is 8. The lowest BCUT2D eigenvalue weighted by molar-refractivity contribution is 0.368. The Balaban J connectivity index is 1.76. The number of nitrogens with one attached hydrogen (secondary N) is 2. The van der Waals surface area contributed by atoms with Crippen LogP contribution >= 0.6 is 11.3 Å². The van der Waals surface area contributed by atoms with Crippen LogP contribution < -0.4 is 10.6 Å². The molecule has 0 saturated carbocycles. The topological polar surface area (TPSA) is 88.2 Å². The van der Waals surface area contributed by atoms with Gasteiger partial charge in [0.1, 0.15) is 5.01 Å². The average molecular weight is 350 g/mol. The highest BCUT2D eigenvalue weighted by molar-refractivity contribution is 7.11. The minimum atomic E-state index is 0.294. The zero-order valence-electron chi connectivity index (χ0n) is 14.8. The fraction of sp³-hybridized carbons (Fsp3) is 0.625. The van der Waals surface area contributed by atoms with Crippen LogP contribution in [0.25, 0.3) is 0 Å². The zero-order valence-corrected chi connectivity index (χ0v) is 15.6. The molecule has 0 bridgehead atoms. The van der Waals surface area contributed by atoms with Crippen molar-refractivity contribution in [3.8, 4) is 0 Å². The summed E-state index contributed by atoms with van der Waals surface area (Å²) in [4.78, 5) is 14.5. The van der Waals surface area contributed by atoms with Gasteiger partial charge >= 0.3 is 0 Å². The molecular formula is C16H26N6OS. The molecule has 0 amide bonds. The fourth-order valence-corrected chi connectivity index (χ4v) is 2.73. The van der Waals surface area contributed by atoms with E-state index in [4.69, 9.17) is 4.52 Å². The third-order valence-electron chi connectivity index (χ3n) is 3.25. The Morgan fingerprint density at radius 1 is 1.38 bits per heavy atom. The normalized spacial score (nSPS) is 12.0. The van der Waals surface area contributed by atoms with Gasteiger partial charge in [-0.2, -0.15) is 4.98 Å². The van der Waals surface area contributed by atoms with Crippen molar-refractivity contribution >= 4 is 17.3 Å². The molecule has 0 aromatic carbocycles. The summed E-state index contributed by atoms with van der Waals surface area (Å²) in [6.07, 6.45) is 3.55. The maximum absolute atomic E-state index is 5.25. The van der Waals surface area contributed by atoms with Gasteiger partial charge in [0.2, 0.25) is 5.89 Å². The minimum absolute atomic E-state index is 0.294. The second-order valence-electron chi connectivity index (χ2n) is 5.79. The van der Waals surface area contributed by atoms with E-state index in [1.54, 1.807) is 11.3 Å². The van der Waals surface area contributed by atoms with Crippen molar-refractivity contribution in [2.24, 2.45) is 4.99 Å². The molecule has 0 aliphatic carbocycles. The standard InChI is InChI=1S/C16H26N6OS/c1-5-17-16(20-10-14-19-9-12(4)24-14)18-8-6-7-13-21-15(11(2)3)22-23-13/h9,11H,5-8,10H2,1-4H3,(H2,17,18,20). The molecule has 0 aliphatic heterocycles. The van der Waals surface area contributed by atoms with Gasteiger partial charge in [-0.05, 0) is 20.3 Å². The number of guanidine groups is 1. The lowest BCUT2D eigenvalue weighted by atomic mass is 10.2. The summed E-state index contributed by atoms with van der Waals surface area (Å²) >= 11 is 1.68. The monoisotopic (exact) mass is 350 g/mol. The van der Waals surface area contributed by atoms with Gasteiger partial charge in [-0.15, -0.1) is 11.3 Å². The SMILES string of the molecule is CCNC(=NCc1ncc(C)s1)NCCCc1nc(C(C)C)no1.